The third kappa shape index (κ3) is 2.76. The number of aryl methyl sites for hydroxylation is 1. The number of benzene rings is 1. The van der Waals surface area contributed by atoms with Crippen LogP contribution in [0.3, 0.4) is 0 Å². The summed E-state index contributed by atoms with van der Waals surface area (Å²) in [6.07, 6.45) is 1.30. The Morgan fingerprint density at radius 3 is 2.82 bits per heavy atom. The van der Waals surface area contributed by atoms with Crippen LogP contribution >= 0.6 is 31.9 Å². The summed E-state index contributed by atoms with van der Waals surface area (Å²) in [6, 6.07) is 5.61. The first-order valence-corrected chi connectivity index (χ1v) is 6.33. The van der Waals surface area contributed by atoms with Crippen molar-refractivity contribution in [3.63, 3.8) is 0 Å². The molecule has 4 nitrogen and oxygen atoms in total. The van der Waals surface area contributed by atoms with Crippen LogP contribution in [-0.4, -0.2) is 9.97 Å². The molecular formula is C11H8Br2N2O2. The van der Waals surface area contributed by atoms with Gasteiger partial charge in [-0.1, -0.05) is 15.9 Å². The lowest BCUT2D eigenvalue weighted by Gasteiger charge is -2.08. The Balaban J connectivity index is 2.38. The van der Waals surface area contributed by atoms with Crippen molar-refractivity contribution in [3.05, 3.63) is 49.4 Å². The van der Waals surface area contributed by atoms with Gasteiger partial charge in [0.05, 0.1) is 6.33 Å². The van der Waals surface area contributed by atoms with Gasteiger partial charge >= 0.3 is 0 Å². The molecule has 1 aromatic carbocycles. The fraction of sp³-hybridized carbons (Fsp3) is 0.0909. The number of rotatable bonds is 2. The van der Waals surface area contributed by atoms with Gasteiger partial charge in [-0.05, 0) is 46.6 Å². The Kier molecular flexibility index (Phi) is 3.63. The van der Waals surface area contributed by atoms with Crippen LogP contribution in [-0.2, 0) is 0 Å². The largest absolute Gasteiger partial charge is 0.437 e. The van der Waals surface area contributed by atoms with E-state index < -0.39 is 0 Å². The second-order valence-corrected chi connectivity index (χ2v) is 5.07. The van der Waals surface area contributed by atoms with Crippen LogP contribution in [0.25, 0.3) is 0 Å². The molecule has 0 saturated heterocycles. The second-order valence-electron chi connectivity index (χ2n) is 3.36. The Hall–Kier alpha value is -1.14. The topological polar surface area (TPSA) is 55.0 Å². The van der Waals surface area contributed by atoms with E-state index >= 15 is 0 Å². The number of hydrogen-bond donors (Lipinski definition) is 1. The van der Waals surface area contributed by atoms with Gasteiger partial charge in [-0.2, -0.15) is 0 Å². The first kappa shape index (κ1) is 12.3. The van der Waals surface area contributed by atoms with Gasteiger partial charge in [0.15, 0.2) is 0 Å². The molecule has 0 atom stereocenters. The van der Waals surface area contributed by atoms with E-state index in [1.165, 1.54) is 6.33 Å². The highest BCUT2D eigenvalue weighted by Gasteiger charge is 2.09. The number of H-pyrrole nitrogens is 1. The van der Waals surface area contributed by atoms with Crippen LogP contribution in [0.1, 0.15) is 5.56 Å². The fourth-order valence-corrected chi connectivity index (χ4v) is 2.04. The van der Waals surface area contributed by atoms with Crippen molar-refractivity contribution in [2.45, 2.75) is 6.92 Å². The maximum absolute atomic E-state index is 11.3. The van der Waals surface area contributed by atoms with Gasteiger partial charge in [0, 0.05) is 4.47 Å². The molecule has 0 aliphatic carbocycles. The maximum Gasteiger partial charge on any atom is 0.268 e. The molecule has 0 fully saturated rings. The van der Waals surface area contributed by atoms with E-state index in [0.717, 1.165) is 10.0 Å². The van der Waals surface area contributed by atoms with Crippen molar-refractivity contribution in [1.82, 2.24) is 9.97 Å². The van der Waals surface area contributed by atoms with Crippen molar-refractivity contribution < 1.29 is 4.74 Å². The highest BCUT2D eigenvalue weighted by Crippen LogP contribution is 2.28. The summed E-state index contributed by atoms with van der Waals surface area (Å²) in [5.74, 6) is 0.908. The minimum atomic E-state index is -0.273. The molecule has 1 aromatic heterocycles. The van der Waals surface area contributed by atoms with E-state index in [-0.39, 0.29) is 15.9 Å². The molecule has 6 heteroatoms. The Labute approximate surface area is 114 Å². The van der Waals surface area contributed by atoms with Gasteiger partial charge < -0.3 is 9.72 Å². The van der Waals surface area contributed by atoms with Gasteiger partial charge in [0.2, 0.25) is 5.88 Å². The molecule has 17 heavy (non-hydrogen) atoms. The summed E-state index contributed by atoms with van der Waals surface area (Å²) in [7, 11) is 0. The first-order valence-electron chi connectivity index (χ1n) is 4.75. The minimum absolute atomic E-state index is 0.249. The predicted octanol–water partition coefficient (Wildman–Crippen LogP) is 3.40. The zero-order valence-electron chi connectivity index (χ0n) is 8.83. The van der Waals surface area contributed by atoms with Crippen LogP contribution in [0.5, 0.6) is 11.6 Å². The molecule has 0 aliphatic rings. The number of halogens is 2. The Morgan fingerprint density at radius 1 is 1.35 bits per heavy atom. The zero-order valence-corrected chi connectivity index (χ0v) is 12.0. The van der Waals surface area contributed by atoms with E-state index in [9.17, 15) is 4.79 Å². The van der Waals surface area contributed by atoms with Crippen molar-refractivity contribution >= 4 is 31.9 Å². The van der Waals surface area contributed by atoms with Gasteiger partial charge in [0.25, 0.3) is 5.56 Å². The molecule has 0 spiro atoms. The minimum Gasteiger partial charge on any atom is -0.437 e. The molecule has 0 saturated carbocycles. The zero-order chi connectivity index (χ0) is 12.4. The normalized spacial score (nSPS) is 10.3. The molecule has 0 radical (unpaired) electrons. The summed E-state index contributed by atoms with van der Waals surface area (Å²) in [5, 5.41) is 0. The van der Waals surface area contributed by atoms with Gasteiger partial charge in [0.1, 0.15) is 10.2 Å². The Morgan fingerprint density at radius 2 is 2.12 bits per heavy atom. The lowest BCUT2D eigenvalue weighted by atomic mass is 10.2. The van der Waals surface area contributed by atoms with Crippen molar-refractivity contribution in [2.75, 3.05) is 0 Å². The SMILES string of the molecule is Cc1cc(Br)ccc1Oc1nc[nH]c(=O)c1Br. The maximum atomic E-state index is 11.3. The van der Waals surface area contributed by atoms with Crippen molar-refractivity contribution in [3.8, 4) is 11.6 Å². The van der Waals surface area contributed by atoms with Crippen LogP contribution in [0.4, 0.5) is 0 Å². The van der Waals surface area contributed by atoms with Gasteiger partial charge in [-0.25, -0.2) is 4.98 Å². The molecule has 0 unspecified atom stereocenters. The lowest BCUT2D eigenvalue weighted by Crippen LogP contribution is -2.08. The number of aromatic amines is 1. The molecule has 1 heterocycles. The fourth-order valence-electron chi connectivity index (χ4n) is 1.27. The summed E-state index contributed by atoms with van der Waals surface area (Å²) >= 11 is 6.51. The predicted molar refractivity (Wildman–Crippen MR) is 71.5 cm³/mol. The summed E-state index contributed by atoms with van der Waals surface area (Å²) < 4.78 is 6.83. The van der Waals surface area contributed by atoms with Crippen LogP contribution < -0.4 is 10.3 Å². The first-order chi connectivity index (χ1) is 8.08. The molecule has 0 bridgehead atoms. The highest BCUT2D eigenvalue weighted by molar-refractivity contribution is 9.10. The number of nitrogens with zero attached hydrogens (tertiary/aromatic N) is 1. The molecular weight excluding hydrogens is 352 g/mol. The number of nitrogens with one attached hydrogen (secondary N) is 1. The summed E-state index contributed by atoms with van der Waals surface area (Å²) in [6.45, 7) is 1.92. The average Bonchev–Trinajstić information content (AvgIpc) is 2.28. The van der Waals surface area contributed by atoms with Gasteiger partial charge in [-0.15, -0.1) is 0 Å². The molecule has 2 aromatic rings. The molecule has 1 N–H and O–H groups in total. The van der Waals surface area contributed by atoms with Crippen LogP contribution in [0.15, 0.2) is 38.3 Å². The number of ether oxygens (including phenoxy) is 1. The molecule has 0 amide bonds. The smallest absolute Gasteiger partial charge is 0.268 e. The van der Waals surface area contributed by atoms with E-state index in [1.807, 2.05) is 25.1 Å². The third-order valence-electron chi connectivity index (χ3n) is 2.11. The van der Waals surface area contributed by atoms with Crippen molar-refractivity contribution in [1.29, 1.82) is 0 Å². The van der Waals surface area contributed by atoms with E-state index in [2.05, 4.69) is 41.8 Å². The number of hydrogen-bond acceptors (Lipinski definition) is 3. The van der Waals surface area contributed by atoms with Crippen LogP contribution in [0.2, 0.25) is 0 Å². The highest BCUT2D eigenvalue weighted by atomic mass is 79.9. The molecule has 88 valence electrons. The standard InChI is InChI=1S/C11H8Br2N2O2/c1-6-4-7(12)2-3-8(6)17-11-9(13)10(16)14-5-15-11/h2-5H,1H3,(H,14,15,16). The van der Waals surface area contributed by atoms with E-state index in [1.54, 1.807) is 0 Å². The van der Waals surface area contributed by atoms with Gasteiger partial charge in [-0.3, -0.25) is 4.79 Å². The lowest BCUT2D eigenvalue weighted by molar-refractivity contribution is 0.453. The van der Waals surface area contributed by atoms with E-state index in [4.69, 9.17) is 4.74 Å². The second kappa shape index (κ2) is 5.01. The summed E-state index contributed by atoms with van der Waals surface area (Å²) in [4.78, 5) is 17.7. The summed E-state index contributed by atoms with van der Waals surface area (Å²) in [5.41, 5.74) is 0.679. The monoisotopic (exact) mass is 358 g/mol. The quantitative estimate of drug-likeness (QED) is 0.894. The van der Waals surface area contributed by atoms with Crippen molar-refractivity contribution in [2.24, 2.45) is 0 Å². The molecule has 0 aliphatic heterocycles. The van der Waals surface area contributed by atoms with Crippen LogP contribution in [0, 0.1) is 6.92 Å². The molecule has 2 rings (SSSR count). The average molecular weight is 360 g/mol. The third-order valence-corrected chi connectivity index (χ3v) is 3.30. The Bertz CT molecular complexity index is 611. The van der Waals surface area contributed by atoms with E-state index in [0.29, 0.717) is 5.75 Å². The number of aromatic nitrogens is 2.